The van der Waals surface area contributed by atoms with Crippen molar-refractivity contribution in [2.45, 2.75) is 19.4 Å². The number of hydrogen-bond acceptors (Lipinski definition) is 3. The van der Waals surface area contributed by atoms with Gasteiger partial charge in [0.25, 0.3) is 5.91 Å². The van der Waals surface area contributed by atoms with Gasteiger partial charge in [-0.1, -0.05) is 17.7 Å². The molecule has 0 saturated carbocycles. The van der Waals surface area contributed by atoms with Crippen LogP contribution in [0.4, 0.5) is 5.69 Å². The van der Waals surface area contributed by atoms with E-state index in [9.17, 15) is 9.59 Å². The molecule has 0 bridgehead atoms. The van der Waals surface area contributed by atoms with Crippen LogP contribution < -0.4 is 10.2 Å². The van der Waals surface area contributed by atoms with Crippen LogP contribution >= 0.6 is 11.6 Å². The molecule has 6 heteroatoms. The van der Waals surface area contributed by atoms with E-state index in [0.717, 1.165) is 23.4 Å². The van der Waals surface area contributed by atoms with Gasteiger partial charge in [0.05, 0.1) is 6.54 Å². The van der Waals surface area contributed by atoms with Gasteiger partial charge in [-0.2, -0.15) is 0 Å². The minimum Gasteiger partial charge on any atom is -0.459 e. The van der Waals surface area contributed by atoms with Crippen LogP contribution in [0, 0.1) is 0 Å². The minimum absolute atomic E-state index is 0.0999. The molecule has 142 valence electrons. The summed E-state index contributed by atoms with van der Waals surface area (Å²) in [5, 5.41) is 3.53. The Balaban J connectivity index is 1.41. The molecule has 1 N–H and O–H groups in total. The lowest BCUT2D eigenvalue weighted by molar-refractivity contribution is -0.117. The molecule has 2 amide bonds. The lowest BCUT2D eigenvalue weighted by Gasteiger charge is -2.16. The zero-order chi connectivity index (χ0) is 19.5. The first-order valence-electron chi connectivity index (χ1n) is 9.13. The Morgan fingerprint density at radius 3 is 2.68 bits per heavy atom. The maximum Gasteiger partial charge on any atom is 0.251 e. The molecule has 1 aliphatic heterocycles. The van der Waals surface area contributed by atoms with Gasteiger partial charge in [-0.25, -0.2) is 0 Å². The average Bonchev–Trinajstić information content (AvgIpc) is 3.36. The molecule has 0 aliphatic carbocycles. The van der Waals surface area contributed by atoms with Crippen LogP contribution in [0.1, 0.15) is 29.0 Å². The van der Waals surface area contributed by atoms with Crippen molar-refractivity contribution in [3.63, 3.8) is 0 Å². The van der Waals surface area contributed by atoms with E-state index in [4.69, 9.17) is 16.0 Å². The topological polar surface area (TPSA) is 62.6 Å². The number of carbonyl (C=O) groups excluding carboxylic acids is 2. The molecule has 1 saturated heterocycles. The van der Waals surface area contributed by atoms with E-state index in [2.05, 4.69) is 5.32 Å². The number of halogens is 1. The molecule has 4 rings (SSSR count). The van der Waals surface area contributed by atoms with E-state index in [1.165, 1.54) is 0 Å². The first-order chi connectivity index (χ1) is 13.6. The van der Waals surface area contributed by atoms with E-state index in [-0.39, 0.29) is 18.4 Å². The van der Waals surface area contributed by atoms with E-state index in [1.54, 1.807) is 35.2 Å². The molecule has 2 aromatic carbocycles. The third-order valence-electron chi connectivity index (χ3n) is 4.71. The minimum atomic E-state index is -0.210. The first-order valence-corrected chi connectivity index (χ1v) is 9.51. The Labute approximate surface area is 167 Å². The van der Waals surface area contributed by atoms with Crippen molar-refractivity contribution in [1.29, 1.82) is 0 Å². The van der Waals surface area contributed by atoms with Gasteiger partial charge in [0.1, 0.15) is 11.5 Å². The Morgan fingerprint density at radius 2 is 1.93 bits per heavy atom. The first kappa shape index (κ1) is 18.3. The largest absolute Gasteiger partial charge is 0.459 e. The van der Waals surface area contributed by atoms with Crippen molar-refractivity contribution in [2.24, 2.45) is 0 Å². The molecule has 1 aliphatic rings. The Bertz CT molecular complexity index is 1010. The zero-order valence-electron chi connectivity index (χ0n) is 15.2. The SMILES string of the molecule is O=C(NCc1ccc(-c2ccc(Cl)cc2)o1)c1cccc(N2CCCC2=O)c1. The number of nitrogens with zero attached hydrogens (tertiary/aromatic N) is 1. The van der Waals surface area contributed by atoms with Crippen molar-refractivity contribution >= 4 is 29.1 Å². The number of carbonyl (C=O) groups is 2. The summed E-state index contributed by atoms with van der Waals surface area (Å²) < 4.78 is 5.80. The molecule has 5 nitrogen and oxygen atoms in total. The normalized spacial score (nSPS) is 13.8. The summed E-state index contributed by atoms with van der Waals surface area (Å²) in [5.74, 6) is 1.26. The second-order valence-electron chi connectivity index (χ2n) is 6.65. The third-order valence-corrected chi connectivity index (χ3v) is 4.96. The summed E-state index contributed by atoms with van der Waals surface area (Å²) in [6.07, 6.45) is 1.41. The summed E-state index contributed by atoms with van der Waals surface area (Å²) >= 11 is 5.91. The highest BCUT2D eigenvalue weighted by Gasteiger charge is 2.22. The van der Waals surface area contributed by atoms with Gasteiger partial charge in [-0.05, 0) is 61.0 Å². The molecule has 2 heterocycles. The van der Waals surface area contributed by atoms with Crippen molar-refractivity contribution < 1.29 is 14.0 Å². The average molecular weight is 395 g/mol. The van der Waals surface area contributed by atoms with E-state index in [0.29, 0.717) is 29.3 Å². The highest BCUT2D eigenvalue weighted by atomic mass is 35.5. The summed E-state index contributed by atoms with van der Waals surface area (Å²) in [4.78, 5) is 26.1. The molecule has 0 radical (unpaired) electrons. The number of nitrogens with one attached hydrogen (secondary N) is 1. The van der Waals surface area contributed by atoms with Crippen LogP contribution in [0.2, 0.25) is 5.02 Å². The van der Waals surface area contributed by atoms with Crippen LogP contribution in [-0.4, -0.2) is 18.4 Å². The van der Waals surface area contributed by atoms with Gasteiger partial charge < -0.3 is 14.6 Å². The predicted octanol–water partition coefficient (Wildman–Crippen LogP) is 4.66. The second-order valence-corrected chi connectivity index (χ2v) is 7.09. The maximum absolute atomic E-state index is 12.5. The number of amides is 2. The highest BCUT2D eigenvalue weighted by Crippen LogP contribution is 2.24. The quantitative estimate of drug-likeness (QED) is 0.684. The van der Waals surface area contributed by atoms with Crippen molar-refractivity contribution in [3.8, 4) is 11.3 Å². The maximum atomic E-state index is 12.5. The molecule has 3 aromatic rings. The number of rotatable bonds is 5. The summed E-state index contributed by atoms with van der Waals surface area (Å²) in [5.41, 5.74) is 2.20. The van der Waals surface area contributed by atoms with Gasteiger partial charge in [-0.15, -0.1) is 0 Å². The van der Waals surface area contributed by atoms with Crippen molar-refractivity contribution in [1.82, 2.24) is 5.32 Å². The van der Waals surface area contributed by atoms with Gasteiger partial charge in [-0.3, -0.25) is 9.59 Å². The second kappa shape index (κ2) is 7.90. The van der Waals surface area contributed by atoms with Crippen LogP contribution in [0.25, 0.3) is 11.3 Å². The van der Waals surface area contributed by atoms with Crippen LogP contribution in [-0.2, 0) is 11.3 Å². The number of hydrogen-bond donors (Lipinski definition) is 1. The summed E-state index contributed by atoms with van der Waals surface area (Å²) in [6, 6.07) is 18.2. The fraction of sp³-hybridized carbons (Fsp3) is 0.182. The van der Waals surface area contributed by atoms with Crippen molar-refractivity contribution in [3.05, 3.63) is 77.0 Å². The lowest BCUT2D eigenvalue weighted by atomic mass is 10.1. The molecule has 0 atom stereocenters. The number of anilines is 1. The van der Waals surface area contributed by atoms with Gasteiger partial charge in [0, 0.05) is 34.8 Å². The van der Waals surface area contributed by atoms with E-state index in [1.807, 2.05) is 30.3 Å². The van der Waals surface area contributed by atoms with Gasteiger partial charge in [0.15, 0.2) is 0 Å². The summed E-state index contributed by atoms with van der Waals surface area (Å²) in [7, 11) is 0. The smallest absolute Gasteiger partial charge is 0.251 e. The van der Waals surface area contributed by atoms with E-state index < -0.39 is 0 Å². The number of benzene rings is 2. The third kappa shape index (κ3) is 3.94. The predicted molar refractivity (Wildman–Crippen MR) is 108 cm³/mol. The Kier molecular flexibility index (Phi) is 5.17. The van der Waals surface area contributed by atoms with Crippen LogP contribution in [0.3, 0.4) is 0 Å². The molecule has 28 heavy (non-hydrogen) atoms. The number of furan rings is 1. The van der Waals surface area contributed by atoms with Gasteiger partial charge in [0.2, 0.25) is 5.91 Å². The van der Waals surface area contributed by atoms with E-state index >= 15 is 0 Å². The summed E-state index contributed by atoms with van der Waals surface area (Å²) in [6.45, 7) is 0.975. The van der Waals surface area contributed by atoms with Crippen LogP contribution in [0.5, 0.6) is 0 Å². The Morgan fingerprint density at radius 1 is 1.11 bits per heavy atom. The molecule has 0 spiro atoms. The Hall–Kier alpha value is -3.05. The van der Waals surface area contributed by atoms with Crippen molar-refractivity contribution in [2.75, 3.05) is 11.4 Å². The molecule has 1 fully saturated rings. The molecule has 1 aromatic heterocycles. The van der Waals surface area contributed by atoms with Gasteiger partial charge >= 0.3 is 0 Å². The molecular formula is C22H19ClN2O3. The zero-order valence-corrected chi connectivity index (χ0v) is 15.9. The fourth-order valence-corrected chi connectivity index (χ4v) is 3.37. The molecule has 0 unspecified atom stereocenters. The fourth-order valence-electron chi connectivity index (χ4n) is 3.25. The lowest BCUT2D eigenvalue weighted by Crippen LogP contribution is -2.25. The standard InChI is InChI=1S/C22H19ClN2O3/c23-17-8-6-15(7-9-17)20-11-10-19(28-20)14-24-22(27)16-3-1-4-18(13-16)25-12-2-5-21(25)26/h1,3-4,6-11,13H,2,5,12,14H2,(H,24,27). The van der Waals surface area contributed by atoms with Crippen LogP contribution in [0.15, 0.2) is 65.1 Å². The highest BCUT2D eigenvalue weighted by molar-refractivity contribution is 6.30. The monoisotopic (exact) mass is 394 g/mol. The molecular weight excluding hydrogens is 376 g/mol.